The maximum Gasteiger partial charge on any atom is 0.138 e. The van der Waals surface area contributed by atoms with Crippen LogP contribution in [0.1, 0.15) is 11.5 Å². The second-order valence-corrected chi connectivity index (χ2v) is 5.64. The highest BCUT2D eigenvalue weighted by Crippen LogP contribution is 2.29. The van der Waals surface area contributed by atoms with Crippen LogP contribution in [0.4, 0.5) is 0 Å². The van der Waals surface area contributed by atoms with Crippen LogP contribution in [0.2, 0.25) is 10.0 Å². The van der Waals surface area contributed by atoms with Crippen molar-refractivity contribution in [3.8, 4) is 5.75 Å². The standard InChI is InChI=1S/C15H13BrCl2O/c16-9-12(11-4-2-1-3-5-11)10-19-15-7-6-13(17)8-14(15)18/h1-8,12H,9-10H2. The van der Waals surface area contributed by atoms with Crippen LogP contribution in [-0.4, -0.2) is 11.9 Å². The third-order valence-electron chi connectivity index (χ3n) is 2.79. The molecule has 2 rings (SSSR count). The van der Waals surface area contributed by atoms with Crippen molar-refractivity contribution in [3.63, 3.8) is 0 Å². The van der Waals surface area contributed by atoms with Crippen LogP contribution in [0.3, 0.4) is 0 Å². The second-order valence-electron chi connectivity index (χ2n) is 4.15. The summed E-state index contributed by atoms with van der Waals surface area (Å²) in [6.45, 7) is 0.566. The van der Waals surface area contributed by atoms with E-state index in [0.29, 0.717) is 22.4 Å². The smallest absolute Gasteiger partial charge is 0.138 e. The summed E-state index contributed by atoms with van der Waals surface area (Å²) in [7, 11) is 0. The normalized spacial score (nSPS) is 12.2. The predicted molar refractivity (Wildman–Crippen MR) is 84.9 cm³/mol. The molecule has 100 valence electrons. The summed E-state index contributed by atoms with van der Waals surface area (Å²) in [5, 5.41) is 1.98. The van der Waals surface area contributed by atoms with E-state index in [-0.39, 0.29) is 5.92 Å². The van der Waals surface area contributed by atoms with E-state index >= 15 is 0 Å². The first-order valence-electron chi connectivity index (χ1n) is 5.89. The lowest BCUT2D eigenvalue weighted by Gasteiger charge is -2.16. The summed E-state index contributed by atoms with van der Waals surface area (Å²) in [4.78, 5) is 0. The average Bonchev–Trinajstić information content (AvgIpc) is 2.43. The molecule has 1 unspecified atom stereocenters. The fourth-order valence-corrected chi connectivity index (χ4v) is 2.76. The number of ether oxygens (including phenoxy) is 1. The Hall–Kier alpha value is -0.700. The number of hydrogen-bond acceptors (Lipinski definition) is 1. The van der Waals surface area contributed by atoms with Crippen LogP contribution < -0.4 is 4.74 Å². The van der Waals surface area contributed by atoms with Gasteiger partial charge in [-0.25, -0.2) is 0 Å². The molecule has 0 aliphatic carbocycles. The molecule has 0 aromatic heterocycles. The van der Waals surface area contributed by atoms with Crippen molar-refractivity contribution < 1.29 is 4.74 Å². The molecule has 0 amide bonds. The van der Waals surface area contributed by atoms with Crippen LogP contribution in [-0.2, 0) is 0 Å². The van der Waals surface area contributed by atoms with Gasteiger partial charge in [-0.15, -0.1) is 0 Å². The van der Waals surface area contributed by atoms with E-state index in [1.165, 1.54) is 5.56 Å². The Morgan fingerprint density at radius 1 is 1.05 bits per heavy atom. The quantitative estimate of drug-likeness (QED) is 0.636. The maximum atomic E-state index is 6.08. The van der Waals surface area contributed by atoms with Crippen LogP contribution in [0.5, 0.6) is 5.75 Å². The van der Waals surface area contributed by atoms with Gasteiger partial charge in [-0.1, -0.05) is 69.5 Å². The van der Waals surface area contributed by atoms with Crippen molar-refractivity contribution in [3.05, 3.63) is 64.1 Å². The highest BCUT2D eigenvalue weighted by Gasteiger charge is 2.12. The molecule has 0 radical (unpaired) electrons. The fraction of sp³-hybridized carbons (Fsp3) is 0.200. The summed E-state index contributed by atoms with van der Waals surface area (Å²) in [5.74, 6) is 0.945. The molecule has 2 aromatic carbocycles. The van der Waals surface area contributed by atoms with Gasteiger partial charge in [0.15, 0.2) is 0 Å². The molecule has 0 saturated carbocycles. The van der Waals surface area contributed by atoms with Crippen molar-refractivity contribution in [1.82, 2.24) is 0 Å². The number of rotatable bonds is 5. The molecular formula is C15H13BrCl2O. The zero-order chi connectivity index (χ0) is 13.7. The Balaban J connectivity index is 2.04. The van der Waals surface area contributed by atoms with Crippen molar-refractivity contribution in [2.45, 2.75) is 5.92 Å². The van der Waals surface area contributed by atoms with Crippen LogP contribution in [0, 0.1) is 0 Å². The lowest BCUT2D eigenvalue weighted by Crippen LogP contribution is -2.11. The van der Waals surface area contributed by atoms with Crippen molar-refractivity contribution in [2.24, 2.45) is 0 Å². The Bertz CT molecular complexity index is 531. The molecule has 0 fully saturated rings. The van der Waals surface area contributed by atoms with E-state index in [1.54, 1.807) is 18.2 Å². The number of hydrogen-bond donors (Lipinski definition) is 0. The van der Waals surface area contributed by atoms with Gasteiger partial charge in [0.2, 0.25) is 0 Å². The average molecular weight is 360 g/mol. The van der Waals surface area contributed by atoms with Gasteiger partial charge >= 0.3 is 0 Å². The van der Waals surface area contributed by atoms with Crippen LogP contribution in [0.15, 0.2) is 48.5 Å². The van der Waals surface area contributed by atoms with Crippen molar-refractivity contribution in [1.29, 1.82) is 0 Å². The van der Waals surface area contributed by atoms with E-state index in [9.17, 15) is 0 Å². The molecule has 4 heteroatoms. The summed E-state index contributed by atoms with van der Waals surface area (Å²) in [6.07, 6.45) is 0. The minimum atomic E-state index is 0.285. The first kappa shape index (κ1) is 14.7. The molecule has 1 atom stereocenters. The molecule has 0 N–H and O–H groups in total. The Morgan fingerprint density at radius 2 is 1.79 bits per heavy atom. The first-order chi connectivity index (χ1) is 9.20. The second kappa shape index (κ2) is 7.18. The summed E-state index contributed by atoms with van der Waals surface area (Å²) in [6, 6.07) is 15.5. The fourth-order valence-electron chi connectivity index (χ4n) is 1.74. The molecule has 0 aliphatic rings. The summed E-state index contributed by atoms with van der Waals surface area (Å²) in [5.41, 5.74) is 1.24. The number of halogens is 3. The van der Waals surface area contributed by atoms with Gasteiger partial charge < -0.3 is 4.74 Å². The first-order valence-corrected chi connectivity index (χ1v) is 7.77. The molecule has 0 aliphatic heterocycles. The third kappa shape index (κ3) is 4.13. The lowest BCUT2D eigenvalue weighted by molar-refractivity contribution is 0.298. The van der Waals surface area contributed by atoms with Gasteiger partial charge in [0, 0.05) is 16.3 Å². The van der Waals surface area contributed by atoms with E-state index in [2.05, 4.69) is 28.1 Å². The molecular weight excluding hydrogens is 347 g/mol. The zero-order valence-corrected chi connectivity index (χ0v) is 13.3. The molecule has 0 bridgehead atoms. The maximum absolute atomic E-state index is 6.08. The van der Waals surface area contributed by atoms with E-state index in [0.717, 1.165) is 5.33 Å². The molecule has 19 heavy (non-hydrogen) atoms. The summed E-state index contributed by atoms with van der Waals surface area (Å²) >= 11 is 15.5. The highest BCUT2D eigenvalue weighted by atomic mass is 79.9. The predicted octanol–water partition coefficient (Wildman–Crippen LogP) is 5.55. The molecule has 2 aromatic rings. The molecule has 0 heterocycles. The number of benzene rings is 2. The van der Waals surface area contributed by atoms with E-state index < -0.39 is 0 Å². The van der Waals surface area contributed by atoms with Crippen LogP contribution >= 0.6 is 39.1 Å². The van der Waals surface area contributed by atoms with Crippen molar-refractivity contribution >= 4 is 39.1 Å². The monoisotopic (exact) mass is 358 g/mol. The minimum Gasteiger partial charge on any atom is -0.491 e. The lowest BCUT2D eigenvalue weighted by atomic mass is 10.0. The third-order valence-corrected chi connectivity index (χ3v) is 4.10. The Kier molecular flexibility index (Phi) is 5.56. The van der Waals surface area contributed by atoms with Gasteiger partial charge in [-0.2, -0.15) is 0 Å². The summed E-state index contributed by atoms with van der Waals surface area (Å²) < 4.78 is 5.78. The molecule has 1 nitrogen and oxygen atoms in total. The van der Waals surface area contributed by atoms with Crippen molar-refractivity contribution in [2.75, 3.05) is 11.9 Å². The van der Waals surface area contributed by atoms with E-state index in [1.807, 2.05) is 18.2 Å². The molecule has 0 spiro atoms. The van der Waals surface area contributed by atoms with Gasteiger partial charge in [-0.3, -0.25) is 0 Å². The van der Waals surface area contributed by atoms with E-state index in [4.69, 9.17) is 27.9 Å². The highest BCUT2D eigenvalue weighted by molar-refractivity contribution is 9.09. The largest absolute Gasteiger partial charge is 0.491 e. The Labute approximate surface area is 131 Å². The van der Waals surface area contributed by atoms with Gasteiger partial charge in [0.1, 0.15) is 5.75 Å². The van der Waals surface area contributed by atoms with Gasteiger partial charge in [0.25, 0.3) is 0 Å². The molecule has 0 saturated heterocycles. The topological polar surface area (TPSA) is 9.23 Å². The minimum absolute atomic E-state index is 0.285. The SMILES string of the molecule is Clc1ccc(OCC(CBr)c2ccccc2)c(Cl)c1. The van der Waals surface area contributed by atoms with Crippen LogP contribution in [0.25, 0.3) is 0 Å². The zero-order valence-electron chi connectivity index (χ0n) is 10.2. The van der Waals surface area contributed by atoms with Gasteiger partial charge in [0.05, 0.1) is 11.6 Å². The Morgan fingerprint density at radius 3 is 2.42 bits per heavy atom. The number of alkyl halides is 1. The van der Waals surface area contributed by atoms with Gasteiger partial charge in [-0.05, 0) is 23.8 Å².